The van der Waals surface area contributed by atoms with E-state index in [0.29, 0.717) is 18.5 Å². The van der Waals surface area contributed by atoms with Gasteiger partial charge in [0.25, 0.3) is 0 Å². The van der Waals surface area contributed by atoms with Crippen LogP contribution in [0, 0.1) is 0 Å². The molecule has 2 aromatic rings. The van der Waals surface area contributed by atoms with Crippen molar-refractivity contribution in [1.29, 1.82) is 0 Å². The Balaban J connectivity index is 1.97. The molecule has 1 aromatic carbocycles. The quantitative estimate of drug-likeness (QED) is 0.764. The summed E-state index contributed by atoms with van der Waals surface area (Å²) in [7, 11) is 0. The van der Waals surface area contributed by atoms with Gasteiger partial charge in [-0.2, -0.15) is 0 Å². The normalized spacial score (nSPS) is 10.1. The highest BCUT2D eigenvalue weighted by atomic mass is 32.1. The molecule has 0 atom stereocenters. The fraction of sp³-hybridized carbons (Fsp3) is 0.200. The summed E-state index contributed by atoms with van der Waals surface area (Å²) in [5.74, 6) is -0.946. The third kappa shape index (κ3) is 4.32. The smallest absolute Gasteiger partial charge is 0.336 e. The number of nitrogens with one attached hydrogen (secondary N) is 2. The molecule has 0 fully saturated rings. The van der Waals surface area contributed by atoms with Crippen LogP contribution < -0.4 is 10.6 Å². The molecule has 6 heteroatoms. The fourth-order valence-corrected chi connectivity index (χ4v) is 2.53. The molecule has 1 aromatic heterocycles. The summed E-state index contributed by atoms with van der Waals surface area (Å²) in [4.78, 5) is 23.1. The van der Waals surface area contributed by atoms with Crippen molar-refractivity contribution in [3.8, 4) is 0 Å². The molecule has 3 N–H and O–H groups in total. The summed E-state index contributed by atoms with van der Waals surface area (Å²) in [5.41, 5.74) is 1.92. The Labute approximate surface area is 126 Å². The molecule has 2 rings (SSSR count). The van der Waals surface area contributed by atoms with Crippen LogP contribution in [0.25, 0.3) is 0 Å². The van der Waals surface area contributed by atoms with E-state index in [-0.39, 0.29) is 5.91 Å². The number of hydrogen-bond acceptors (Lipinski definition) is 4. The highest BCUT2D eigenvalue weighted by Crippen LogP contribution is 2.19. The van der Waals surface area contributed by atoms with Crippen LogP contribution in [-0.4, -0.2) is 17.0 Å². The topological polar surface area (TPSA) is 78.4 Å². The van der Waals surface area contributed by atoms with Crippen molar-refractivity contribution in [3.63, 3.8) is 0 Å². The lowest BCUT2D eigenvalue weighted by atomic mass is 10.2. The number of rotatable bonds is 6. The van der Waals surface area contributed by atoms with Crippen molar-refractivity contribution >= 4 is 34.6 Å². The summed E-state index contributed by atoms with van der Waals surface area (Å²) >= 11 is 1.40. The SMILES string of the molecule is CCC(=O)Nc1cccc(NCc2cc(C(=O)O)cs2)c1. The first-order valence-corrected chi connectivity index (χ1v) is 7.41. The first-order valence-electron chi connectivity index (χ1n) is 6.53. The van der Waals surface area contributed by atoms with Gasteiger partial charge in [-0.05, 0) is 24.3 Å². The van der Waals surface area contributed by atoms with Gasteiger partial charge in [-0.15, -0.1) is 11.3 Å². The minimum Gasteiger partial charge on any atom is -0.478 e. The van der Waals surface area contributed by atoms with E-state index in [1.54, 1.807) is 18.4 Å². The van der Waals surface area contributed by atoms with Gasteiger partial charge in [-0.3, -0.25) is 4.79 Å². The van der Waals surface area contributed by atoms with Gasteiger partial charge >= 0.3 is 5.97 Å². The second-order valence-electron chi connectivity index (χ2n) is 4.44. The number of carboxylic acid groups (broad SMARTS) is 1. The van der Waals surface area contributed by atoms with Crippen LogP contribution >= 0.6 is 11.3 Å². The molecule has 0 saturated carbocycles. The molecule has 0 spiro atoms. The summed E-state index contributed by atoms with van der Waals surface area (Å²) in [6.07, 6.45) is 0.435. The Bertz CT molecular complexity index is 652. The molecule has 1 heterocycles. The number of amides is 1. The Hall–Kier alpha value is -2.34. The number of carbonyl (C=O) groups excluding carboxylic acids is 1. The number of carboxylic acids is 1. The number of aromatic carboxylic acids is 1. The third-order valence-corrected chi connectivity index (χ3v) is 3.77. The van der Waals surface area contributed by atoms with Crippen LogP contribution in [0.4, 0.5) is 11.4 Å². The molecule has 21 heavy (non-hydrogen) atoms. The summed E-state index contributed by atoms with van der Waals surface area (Å²) in [6.45, 7) is 2.34. The second kappa shape index (κ2) is 6.90. The lowest BCUT2D eigenvalue weighted by Crippen LogP contribution is -2.09. The monoisotopic (exact) mass is 304 g/mol. The average Bonchev–Trinajstić information content (AvgIpc) is 2.94. The van der Waals surface area contributed by atoms with Crippen molar-refractivity contribution in [1.82, 2.24) is 0 Å². The summed E-state index contributed by atoms with van der Waals surface area (Å²) in [6, 6.07) is 9.08. The molecule has 0 aliphatic heterocycles. The maximum absolute atomic E-state index is 11.4. The van der Waals surface area contributed by atoms with Gasteiger partial charge in [-0.1, -0.05) is 13.0 Å². The van der Waals surface area contributed by atoms with Crippen molar-refractivity contribution < 1.29 is 14.7 Å². The third-order valence-electron chi connectivity index (χ3n) is 2.83. The largest absolute Gasteiger partial charge is 0.478 e. The molecule has 0 bridgehead atoms. The van der Waals surface area contributed by atoms with Gasteiger partial charge in [0.2, 0.25) is 5.91 Å². The van der Waals surface area contributed by atoms with E-state index in [2.05, 4.69) is 10.6 Å². The first kappa shape index (κ1) is 15.1. The number of anilines is 2. The molecule has 1 amide bonds. The highest BCUT2D eigenvalue weighted by molar-refractivity contribution is 7.10. The Morgan fingerprint density at radius 1 is 1.24 bits per heavy atom. The minimum absolute atomic E-state index is 0.0310. The standard InChI is InChI=1S/C15H16N2O3S/c1-2-14(18)17-12-5-3-4-11(7-12)16-8-13-6-10(9-21-13)15(19)20/h3-7,9,16H,2,8H2,1H3,(H,17,18)(H,19,20). The van der Waals surface area contributed by atoms with E-state index in [4.69, 9.17) is 5.11 Å². The molecule has 0 aliphatic rings. The maximum Gasteiger partial charge on any atom is 0.336 e. The van der Waals surface area contributed by atoms with Crippen molar-refractivity contribution in [3.05, 3.63) is 46.2 Å². The van der Waals surface area contributed by atoms with E-state index in [0.717, 1.165) is 16.3 Å². The predicted octanol–water partition coefficient (Wildman–Crippen LogP) is 3.41. The van der Waals surface area contributed by atoms with E-state index < -0.39 is 5.97 Å². The first-order chi connectivity index (χ1) is 10.1. The minimum atomic E-state index is -0.915. The maximum atomic E-state index is 11.4. The number of hydrogen-bond donors (Lipinski definition) is 3. The van der Waals surface area contributed by atoms with Crippen molar-refractivity contribution in [2.45, 2.75) is 19.9 Å². The van der Waals surface area contributed by atoms with Gasteiger partial charge in [0.1, 0.15) is 0 Å². The average molecular weight is 304 g/mol. The number of carbonyl (C=O) groups is 2. The highest BCUT2D eigenvalue weighted by Gasteiger charge is 2.06. The molecule has 0 saturated heterocycles. The number of benzene rings is 1. The second-order valence-corrected chi connectivity index (χ2v) is 5.44. The van der Waals surface area contributed by atoms with E-state index in [9.17, 15) is 9.59 Å². The molecular weight excluding hydrogens is 288 g/mol. The zero-order valence-electron chi connectivity index (χ0n) is 11.6. The molecule has 110 valence electrons. The van der Waals surface area contributed by atoms with Crippen LogP contribution in [0.2, 0.25) is 0 Å². The van der Waals surface area contributed by atoms with Gasteiger partial charge in [0, 0.05) is 34.6 Å². The fourth-order valence-electron chi connectivity index (χ4n) is 1.73. The van der Waals surface area contributed by atoms with E-state index in [1.165, 1.54) is 11.3 Å². The van der Waals surface area contributed by atoms with Crippen LogP contribution in [-0.2, 0) is 11.3 Å². The van der Waals surface area contributed by atoms with E-state index >= 15 is 0 Å². The molecule has 0 unspecified atom stereocenters. The Morgan fingerprint density at radius 3 is 2.67 bits per heavy atom. The van der Waals surface area contributed by atoms with Crippen LogP contribution in [0.5, 0.6) is 0 Å². The molecule has 0 aliphatic carbocycles. The van der Waals surface area contributed by atoms with Gasteiger partial charge in [-0.25, -0.2) is 4.79 Å². The molecule has 0 radical (unpaired) electrons. The van der Waals surface area contributed by atoms with Gasteiger partial charge < -0.3 is 15.7 Å². The van der Waals surface area contributed by atoms with Gasteiger partial charge in [0.05, 0.1) is 5.56 Å². The lowest BCUT2D eigenvalue weighted by Gasteiger charge is -2.08. The van der Waals surface area contributed by atoms with Crippen LogP contribution in [0.3, 0.4) is 0 Å². The Kier molecular flexibility index (Phi) is 4.94. The number of thiophene rings is 1. The van der Waals surface area contributed by atoms with E-state index in [1.807, 2.05) is 24.3 Å². The van der Waals surface area contributed by atoms with Crippen molar-refractivity contribution in [2.75, 3.05) is 10.6 Å². The Morgan fingerprint density at radius 2 is 2.00 bits per heavy atom. The summed E-state index contributed by atoms with van der Waals surface area (Å²) in [5, 5.41) is 16.5. The zero-order valence-corrected chi connectivity index (χ0v) is 12.4. The summed E-state index contributed by atoms with van der Waals surface area (Å²) < 4.78 is 0. The zero-order chi connectivity index (χ0) is 15.2. The lowest BCUT2D eigenvalue weighted by molar-refractivity contribution is -0.115. The van der Waals surface area contributed by atoms with Crippen LogP contribution in [0.15, 0.2) is 35.7 Å². The predicted molar refractivity (Wildman–Crippen MR) is 84.0 cm³/mol. The van der Waals surface area contributed by atoms with Crippen LogP contribution in [0.1, 0.15) is 28.6 Å². The molecule has 5 nitrogen and oxygen atoms in total. The van der Waals surface area contributed by atoms with Crippen molar-refractivity contribution in [2.24, 2.45) is 0 Å². The van der Waals surface area contributed by atoms with Gasteiger partial charge in [0.15, 0.2) is 0 Å². The molecular formula is C15H16N2O3S.